The van der Waals surface area contributed by atoms with Gasteiger partial charge in [0.1, 0.15) is 5.75 Å². The van der Waals surface area contributed by atoms with Gasteiger partial charge >= 0.3 is 5.97 Å². The molecule has 2 N–H and O–H groups in total. The summed E-state index contributed by atoms with van der Waals surface area (Å²) in [5.74, 6) is -1.06. The van der Waals surface area contributed by atoms with Crippen molar-refractivity contribution in [3.63, 3.8) is 0 Å². The Kier molecular flexibility index (Phi) is 6.91. The average molecular weight is 355 g/mol. The zero-order valence-electron chi connectivity index (χ0n) is 14.5. The van der Waals surface area contributed by atoms with Crippen molar-refractivity contribution in [1.29, 1.82) is 0 Å². The SMILES string of the molecule is CC(=O)NCCCc1ccc(C(=O)COC(=O)c2cccc(O)c2)cc1. The second-order valence-corrected chi connectivity index (χ2v) is 5.83. The number of benzene rings is 2. The first kappa shape index (κ1) is 19.2. The normalized spacial score (nSPS) is 10.2. The molecule has 0 saturated heterocycles. The van der Waals surface area contributed by atoms with Crippen LogP contribution in [0.4, 0.5) is 0 Å². The lowest BCUT2D eigenvalue weighted by Gasteiger charge is -2.06. The van der Waals surface area contributed by atoms with E-state index in [-0.39, 0.29) is 29.6 Å². The number of hydrogen-bond donors (Lipinski definition) is 2. The second kappa shape index (κ2) is 9.36. The first-order valence-electron chi connectivity index (χ1n) is 8.28. The summed E-state index contributed by atoms with van der Waals surface area (Å²) < 4.78 is 4.99. The van der Waals surface area contributed by atoms with Crippen LogP contribution in [0, 0.1) is 0 Å². The summed E-state index contributed by atoms with van der Waals surface area (Å²) in [7, 11) is 0. The van der Waals surface area contributed by atoms with Crippen molar-refractivity contribution >= 4 is 17.7 Å². The third kappa shape index (κ3) is 6.05. The number of nitrogens with one attached hydrogen (secondary N) is 1. The molecule has 0 atom stereocenters. The number of ketones is 1. The quantitative estimate of drug-likeness (QED) is 0.431. The Morgan fingerprint density at radius 2 is 1.77 bits per heavy atom. The molecular formula is C20H21NO5. The molecule has 2 aromatic carbocycles. The van der Waals surface area contributed by atoms with E-state index in [9.17, 15) is 19.5 Å². The van der Waals surface area contributed by atoms with Crippen LogP contribution in [0.2, 0.25) is 0 Å². The highest BCUT2D eigenvalue weighted by Gasteiger charge is 2.12. The van der Waals surface area contributed by atoms with Gasteiger partial charge in [0.2, 0.25) is 5.91 Å². The molecule has 26 heavy (non-hydrogen) atoms. The number of aryl methyl sites for hydroxylation is 1. The highest BCUT2D eigenvalue weighted by molar-refractivity contribution is 5.99. The monoisotopic (exact) mass is 355 g/mol. The summed E-state index contributed by atoms with van der Waals surface area (Å²) in [6, 6.07) is 12.8. The maximum Gasteiger partial charge on any atom is 0.338 e. The van der Waals surface area contributed by atoms with Gasteiger partial charge in [0.25, 0.3) is 0 Å². The zero-order valence-corrected chi connectivity index (χ0v) is 14.5. The number of hydrogen-bond acceptors (Lipinski definition) is 5. The van der Waals surface area contributed by atoms with E-state index >= 15 is 0 Å². The van der Waals surface area contributed by atoms with Crippen LogP contribution >= 0.6 is 0 Å². The largest absolute Gasteiger partial charge is 0.508 e. The van der Waals surface area contributed by atoms with Gasteiger partial charge in [-0.15, -0.1) is 0 Å². The molecule has 0 aliphatic heterocycles. The molecule has 6 heteroatoms. The lowest BCUT2D eigenvalue weighted by Crippen LogP contribution is -2.21. The van der Waals surface area contributed by atoms with Gasteiger partial charge in [0, 0.05) is 19.0 Å². The highest BCUT2D eigenvalue weighted by atomic mass is 16.5. The molecule has 0 radical (unpaired) electrons. The third-order valence-corrected chi connectivity index (χ3v) is 3.71. The Labute approximate surface area is 151 Å². The van der Waals surface area contributed by atoms with Crippen LogP contribution < -0.4 is 5.32 Å². The van der Waals surface area contributed by atoms with Crippen LogP contribution in [0.3, 0.4) is 0 Å². The number of amides is 1. The van der Waals surface area contributed by atoms with Crippen molar-refractivity contribution in [3.05, 3.63) is 65.2 Å². The van der Waals surface area contributed by atoms with Crippen molar-refractivity contribution in [2.24, 2.45) is 0 Å². The standard InChI is InChI=1S/C20H21NO5/c1-14(22)21-11-3-4-15-7-9-16(10-8-15)19(24)13-26-20(25)17-5-2-6-18(23)12-17/h2,5-10,12,23H,3-4,11,13H2,1H3,(H,21,22). The molecule has 2 rings (SSSR count). The topological polar surface area (TPSA) is 92.7 Å². The number of Topliss-reactive ketones (excluding diaryl/α,β-unsaturated/α-hetero) is 1. The number of carbonyl (C=O) groups is 3. The van der Waals surface area contributed by atoms with Gasteiger partial charge in [0.05, 0.1) is 5.56 Å². The molecule has 0 aromatic heterocycles. The molecule has 0 aliphatic rings. The van der Waals surface area contributed by atoms with Gasteiger partial charge < -0.3 is 15.2 Å². The highest BCUT2D eigenvalue weighted by Crippen LogP contribution is 2.12. The van der Waals surface area contributed by atoms with Crippen LogP contribution in [0.1, 0.15) is 39.6 Å². The van der Waals surface area contributed by atoms with Gasteiger partial charge in [-0.3, -0.25) is 9.59 Å². The van der Waals surface area contributed by atoms with Crippen LogP contribution in [0.15, 0.2) is 48.5 Å². The molecule has 0 unspecified atom stereocenters. The molecule has 0 bridgehead atoms. The molecule has 2 aromatic rings. The summed E-state index contributed by atoms with van der Waals surface area (Å²) in [4.78, 5) is 34.8. The molecule has 1 amide bonds. The molecule has 0 fully saturated rings. The summed E-state index contributed by atoms with van der Waals surface area (Å²) >= 11 is 0. The Bertz CT molecular complexity index is 783. The summed E-state index contributed by atoms with van der Waals surface area (Å²) in [6.45, 7) is 1.73. The van der Waals surface area contributed by atoms with Crippen LogP contribution in [0.5, 0.6) is 5.75 Å². The minimum absolute atomic E-state index is 0.0418. The van der Waals surface area contributed by atoms with Gasteiger partial charge in [-0.05, 0) is 36.6 Å². The first-order chi connectivity index (χ1) is 12.5. The fourth-order valence-corrected chi connectivity index (χ4v) is 2.34. The summed E-state index contributed by atoms with van der Waals surface area (Å²) in [6.07, 6.45) is 1.61. The van der Waals surface area contributed by atoms with Crippen molar-refractivity contribution in [1.82, 2.24) is 5.32 Å². The van der Waals surface area contributed by atoms with Crippen LogP contribution in [-0.2, 0) is 16.0 Å². The average Bonchev–Trinajstić information content (AvgIpc) is 2.63. The van der Waals surface area contributed by atoms with Gasteiger partial charge in [0.15, 0.2) is 12.4 Å². The summed E-state index contributed by atoms with van der Waals surface area (Å²) in [5, 5.41) is 12.1. The Balaban J connectivity index is 1.82. The molecular weight excluding hydrogens is 334 g/mol. The lowest BCUT2D eigenvalue weighted by molar-refractivity contribution is -0.118. The smallest absolute Gasteiger partial charge is 0.338 e. The van der Waals surface area contributed by atoms with Crippen LogP contribution in [0.25, 0.3) is 0 Å². The predicted octanol–water partition coefficient (Wildman–Crippen LogP) is 2.50. The summed E-state index contributed by atoms with van der Waals surface area (Å²) in [5.41, 5.74) is 1.70. The van der Waals surface area contributed by atoms with E-state index < -0.39 is 5.97 Å². The Hall–Kier alpha value is -3.15. The zero-order chi connectivity index (χ0) is 18.9. The van der Waals surface area contributed by atoms with Crippen molar-refractivity contribution in [3.8, 4) is 5.75 Å². The van der Waals surface area contributed by atoms with Crippen LogP contribution in [-0.4, -0.2) is 35.9 Å². The maximum atomic E-state index is 12.1. The fourth-order valence-electron chi connectivity index (χ4n) is 2.34. The Morgan fingerprint density at radius 3 is 2.42 bits per heavy atom. The van der Waals surface area contributed by atoms with E-state index in [4.69, 9.17) is 4.74 Å². The molecule has 6 nitrogen and oxygen atoms in total. The van der Waals surface area contributed by atoms with Gasteiger partial charge in [-0.2, -0.15) is 0 Å². The third-order valence-electron chi connectivity index (χ3n) is 3.71. The Morgan fingerprint density at radius 1 is 1.04 bits per heavy atom. The lowest BCUT2D eigenvalue weighted by atomic mass is 10.1. The van der Waals surface area contributed by atoms with Gasteiger partial charge in [-0.25, -0.2) is 4.79 Å². The van der Waals surface area contributed by atoms with E-state index in [1.165, 1.54) is 31.2 Å². The van der Waals surface area contributed by atoms with E-state index in [1.54, 1.807) is 12.1 Å². The molecule has 0 heterocycles. The number of aromatic hydroxyl groups is 1. The van der Waals surface area contributed by atoms with Crippen molar-refractivity contribution < 1.29 is 24.2 Å². The minimum Gasteiger partial charge on any atom is -0.508 e. The first-order valence-corrected chi connectivity index (χ1v) is 8.28. The van der Waals surface area contributed by atoms with Crippen molar-refractivity contribution in [2.45, 2.75) is 19.8 Å². The van der Waals surface area contributed by atoms with Gasteiger partial charge in [-0.1, -0.05) is 30.3 Å². The molecule has 136 valence electrons. The maximum absolute atomic E-state index is 12.1. The molecule has 0 saturated carbocycles. The molecule has 0 spiro atoms. The predicted molar refractivity (Wildman–Crippen MR) is 96.2 cm³/mol. The van der Waals surface area contributed by atoms with E-state index in [0.29, 0.717) is 12.1 Å². The number of phenols is 1. The van der Waals surface area contributed by atoms with E-state index in [0.717, 1.165) is 18.4 Å². The minimum atomic E-state index is -0.663. The second-order valence-electron chi connectivity index (χ2n) is 5.83. The number of rotatable bonds is 8. The number of ether oxygens (including phenoxy) is 1. The fraction of sp³-hybridized carbons (Fsp3) is 0.250. The number of esters is 1. The van der Waals surface area contributed by atoms with Crippen molar-refractivity contribution in [2.75, 3.05) is 13.2 Å². The van der Waals surface area contributed by atoms with E-state index in [2.05, 4.69) is 5.32 Å². The molecule has 0 aliphatic carbocycles. The number of carbonyl (C=O) groups excluding carboxylic acids is 3. The number of phenolic OH excluding ortho intramolecular Hbond substituents is 1. The van der Waals surface area contributed by atoms with E-state index in [1.807, 2.05) is 12.1 Å².